The van der Waals surface area contributed by atoms with Gasteiger partial charge in [0.25, 0.3) is 5.91 Å². The Morgan fingerprint density at radius 2 is 1.55 bits per heavy atom. The fraction of sp³-hybridized carbons (Fsp3) is 0.435. The van der Waals surface area contributed by atoms with Gasteiger partial charge in [-0.2, -0.15) is 4.31 Å². The molecule has 7 nitrogen and oxygen atoms in total. The number of likely N-dealkylation sites (N-methyl/N-ethyl adjacent to an activating group) is 1. The van der Waals surface area contributed by atoms with Gasteiger partial charge >= 0.3 is 0 Å². The number of carbonyl (C=O) groups is 1. The fourth-order valence-electron chi connectivity index (χ4n) is 4.11. The van der Waals surface area contributed by atoms with Gasteiger partial charge in [-0.15, -0.1) is 0 Å². The lowest BCUT2D eigenvalue weighted by Gasteiger charge is -2.34. The zero-order chi connectivity index (χ0) is 22.0. The Kier molecular flexibility index (Phi) is 6.31. The predicted molar refractivity (Wildman–Crippen MR) is 123 cm³/mol. The normalized spacial score (nSPS) is 18.3. The van der Waals surface area contributed by atoms with Crippen molar-refractivity contribution >= 4 is 27.3 Å². The van der Waals surface area contributed by atoms with Crippen LogP contribution in [-0.2, 0) is 10.0 Å². The van der Waals surface area contributed by atoms with E-state index in [2.05, 4.69) is 22.2 Å². The first-order valence-electron chi connectivity index (χ1n) is 10.8. The van der Waals surface area contributed by atoms with Crippen LogP contribution in [-0.4, -0.2) is 69.8 Å². The molecule has 0 unspecified atom stereocenters. The molecule has 0 atom stereocenters. The molecule has 0 spiro atoms. The summed E-state index contributed by atoms with van der Waals surface area (Å²) < 4.78 is 27.5. The first-order valence-corrected chi connectivity index (χ1v) is 12.2. The number of benzene rings is 2. The van der Waals surface area contributed by atoms with Crippen molar-refractivity contribution in [2.75, 3.05) is 56.5 Å². The second-order valence-corrected chi connectivity index (χ2v) is 10.3. The summed E-state index contributed by atoms with van der Waals surface area (Å²) in [7, 11) is -1.45. The summed E-state index contributed by atoms with van der Waals surface area (Å²) in [5.41, 5.74) is 2.82. The summed E-state index contributed by atoms with van der Waals surface area (Å²) in [4.78, 5) is 17.7. The molecule has 2 heterocycles. The third kappa shape index (κ3) is 4.76. The third-order valence-electron chi connectivity index (χ3n) is 6.13. The molecular formula is C23H30N4O3S. The van der Waals surface area contributed by atoms with Crippen LogP contribution in [0.25, 0.3) is 0 Å². The van der Waals surface area contributed by atoms with E-state index in [0.717, 1.165) is 44.7 Å². The Balaban J connectivity index is 1.47. The zero-order valence-electron chi connectivity index (χ0n) is 18.2. The van der Waals surface area contributed by atoms with Crippen LogP contribution in [0, 0.1) is 6.92 Å². The average Bonchev–Trinajstić information content (AvgIpc) is 3.31. The van der Waals surface area contributed by atoms with Gasteiger partial charge in [0.15, 0.2) is 0 Å². The lowest BCUT2D eigenvalue weighted by atomic mass is 10.1. The lowest BCUT2D eigenvalue weighted by Crippen LogP contribution is -2.44. The molecule has 0 aliphatic carbocycles. The van der Waals surface area contributed by atoms with Crippen LogP contribution >= 0.6 is 0 Å². The van der Waals surface area contributed by atoms with Crippen molar-refractivity contribution < 1.29 is 13.2 Å². The Bertz CT molecular complexity index is 1040. The van der Waals surface area contributed by atoms with Crippen LogP contribution in [0.1, 0.15) is 28.8 Å². The second kappa shape index (κ2) is 8.98. The van der Waals surface area contributed by atoms with Gasteiger partial charge in [0.1, 0.15) is 0 Å². The highest BCUT2D eigenvalue weighted by Crippen LogP contribution is 2.25. The Morgan fingerprint density at radius 3 is 2.19 bits per heavy atom. The third-order valence-corrected chi connectivity index (χ3v) is 8.17. The van der Waals surface area contributed by atoms with Gasteiger partial charge in [0.05, 0.1) is 4.90 Å². The van der Waals surface area contributed by atoms with Crippen molar-refractivity contribution in [3.8, 4) is 0 Å². The van der Waals surface area contributed by atoms with Crippen molar-refractivity contribution in [2.45, 2.75) is 24.7 Å². The van der Waals surface area contributed by atoms with Gasteiger partial charge in [-0.1, -0.05) is 6.07 Å². The number of piperazine rings is 1. The molecule has 1 amide bonds. The predicted octanol–water partition coefficient (Wildman–Crippen LogP) is 2.78. The van der Waals surface area contributed by atoms with Crippen molar-refractivity contribution in [3.05, 3.63) is 53.6 Å². The number of hydrogen-bond acceptors (Lipinski definition) is 5. The minimum atomic E-state index is -3.58. The molecule has 2 saturated heterocycles. The maximum atomic E-state index is 13.0. The number of nitrogens with one attached hydrogen (secondary N) is 1. The summed E-state index contributed by atoms with van der Waals surface area (Å²) in [6.07, 6.45) is 1.76. The van der Waals surface area contributed by atoms with Crippen molar-refractivity contribution in [2.24, 2.45) is 0 Å². The molecule has 31 heavy (non-hydrogen) atoms. The van der Waals surface area contributed by atoms with E-state index < -0.39 is 10.0 Å². The zero-order valence-corrected chi connectivity index (χ0v) is 19.0. The highest BCUT2D eigenvalue weighted by molar-refractivity contribution is 7.89. The molecule has 0 saturated carbocycles. The number of amides is 1. The first kappa shape index (κ1) is 21.8. The van der Waals surface area contributed by atoms with E-state index in [1.165, 1.54) is 10.4 Å². The summed E-state index contributed by atoms with van der Waals surface area (Å²) in [6, 6.07) is 12.7. The van der Waals surface area contributed by atoms with E-state index in [9.17, 15) is 13.2 Å². The average molecular weight is 443 g/mol. The van der Waals surface area contributed by atoms with Crippen LogP contribution in [0.5, 0.6) is 0 Å². The topological polar surface area (TPSA) is 73.0 Å². The summed E-state index contributed by atoms with van der Waals surface area (Å²) in [5.74, 6) is -0.315. The van der Waals surface area contributed by atoms with Gasteiger partial charge in [-0.25, -0.2) is 8.42 Å². The molecule has 1 N–H and O–H groups in total. The maximum absolute atomic E-state index is 13.0. The quantitative estimate of drug-likeness (QED) is 0.771. The molecule has 2 aromatic rings. The van der Waals surface area contributed by atoms with Crippen LogP contribution in [0.15, 0.2) is 47.4 Å². The molecule has 8 heteroatoms. The standard InChI is InChI=1S/C23H30N4O3S/c1-18-5-6-19(17-22(18)31(29,30)27-11-3-4-12-27)23(28)24-20-7-9-21(10-8-20)26-15-13-25(2)14-16-26/h5-10,17H,3-4,11-16H2,1-2H3,(H,24,28). The number of carbonyl (C=O) groups excluding carboxylic acids is 1. The monoisotopic (exact) mass is 442 g/mol. The number of anilines is 2. The molecule has 166 valence electrons. The van der Waals surface area contributed by atoms with Crippen LogP contribution < -0.4 is 10.2 Å². The Hall–Kier alpha value is -2.42. The van der Waals surface area contributed by atoms with Crippen LogP contribution in [0.2, 0.25) is 0 Å². The molecule has 0 aromatic heterocycles. The number of aryl methyl sites for hydroxylation is 1. The van der Waals surface area contributed by atoms with E-state index in [0.29, 0.717) is 29.9 Å². The van der Waals surface area contributed by atoms with E-state index in [4.69, 9.17) is 0 Å². The van der Waals surface area contributed by atoms with Crippen LogP contribution in [0.3, 0.4) is 0 Å². The Labute approximate surface area is 184 Å². The van der Waals surface area contributed by atoms with Crippen LogP contribution in [0.4, 0.5) is 11.4 Å². The van der Waals surface area contributed by atoms with Gasteiger partial charge in [0, 0.05) is 56.2 Å². The highest BCUT2D eigenvalue weighted by atomic mass is 32.2. The van der Waals surface area contributed by atoms with Crippen molar-refractivity contribution in [1.29, 1.82) is 0 Å². The summed E-state index contributed by atoms with van der Waals surface area (Å²) in [5, 5.41) is 2.89. The maximum Gasteiger partial charge on any atom is 0.255 e. The molecule has 2 aliphatic rings. The molecule has 0 radical (unpaired) electrons. The number of nitrogens with zero attached hydrogens (tertiary/aromatic N) is 3. The molecular weight excluding hydrogens is 412 g/mol. The molecule has 2 aliphatic heterocycles. The second-order valence-electron chi connectivity index (χ2n) is 8.38. The highest BCUT2D eigenvalue weighted by Gasteiger charge is 2.29. The van der Waals surface area contributed by atoms with Gasteiger partial charge in [-0.05, 0) is 68.8 Å². The smallest absolute Gasteiger partial charge is 0.255 e. The molecule has 2 aromatic carbocycles. The SMILES string of the molecule is Cc1ccc(C(=O)Nc2ccc(N3CCN(C)CC3)cc2)cc1S(=O)(=O)N1CCCC1. The van der Waals surface area contributed by atoms with E-state index >= 15 is 0 Å². The molecule has 0 bridgehead atoms. The van der Waals surface area contributed by atoms with Crippen molar-refractivity contribution in [3.63, 3.8) is 0 Å². The minimum Gasteiger partial charge on any atom is -0.369 e. The first-order chi connectivity index (χ1) is 14.8. The van der Waals surface area contributed by atoms with E-state index in [1.807, 2.05) is 24.3 Å². The van der Waals surface area contributed by atoms with Gasteiger partial charge in [0.2, 0.25) is 10.0 Å². The molecule has 2 fully saturated rings. The van der Waals surface area contributed by atoms with Crippen molar-refractivity contribution in [1.82, 2.24) is 9.21 Å². The number of hydrogen-bond donors (Lipinski definition) is 1. The van der Waals surface area contributed by atoms with E-state index in [-0.39, 0.29) is 10.8 Å². The Morgan fingerprint density at radius 1 is 0.903 bits per heavy atom. The molecule has 4 rings (SSSR count). The summed E-state index contributed by atoms with van der Waals surface area (Å²) >= 11 is 0. The number of rotatable bonds is 5. The van der Waals surface area contributed by atoms with E-state index in [1.54, 1.807) is 19.1 Å². The largest absolute Gasteiger partial charge is 0.369 e. The number of sulfonamides is 1. The van der Waals surface area contributed by atoms with Gasteiger partial charge in [-0.3, -0.25) is 4.79 Å². The summed E-state index contributed by atoms with van der Waals surface area (Å²) in [6.45, 7) is 6.89. The lowest BCUT2D eigenvalue weighted by molar-refractivity contribution is 0.102. The minimum absolute atomic E-state index is 0.215. The van der Waals surface area contributed by atoms with Gasteiger partial charge < -0.3 is 15.1 Å². The fourth-order valence-corrected chi connectivity index (χ4v) is 5.88.